The smallest absolute Gasteiger partial charge is 0.250 e. The fourth-order valence-electron chi connectivity index (χ4n) is 1.12. The Morgan fingerprint density at radius 3 is 2.60 bits per heavy atom. The topological polar surface area (TPSA) is 21.3 Å². The first-order chi connectivity index (χ1) is 7.29. The van der Waals surface area contributed by atoms with Gasteiger partial charge in [0.25, 0.3) is 6.43 Å². The summed E-state index contributed by atoms with van der Waals surface area (Å²) < 4.78 is 28.8. The van der Waals surface area contributed by atoms with Gasteiger partial charge in [-0.25, -0.2) is 8.78 Å². The molecule has 2 nitrogen and oxygen atoms in total. The fraction of sp³-hybridized carbons (Fsp3) is 0.455. The van der Waals surface area contributed by atoms with E-state index in [0.29, 0.717) is 13.2 Å². The van der Waals surface area contributed by atoms with Gasteiger partial charge in [-0.1, -0.05) is 18.2 Å². The molecule has 1 N–H and O–H groups in total. The van der Waals surface area contributed by atoms with Gasteiger partial charge in [0.1, 0.15) is 5.75 Å². The average Bonchev–Trinajstić information content (AvgIpc) is 2.24. The van der Waals surface area contributed by atoms with Crippen molar-refractivity contribution in [2.45, 2.75) is 12.8 Å². The SMILES string of the molecule is FC(F)CNCCCOc1ccccc1. The lowest BCUT2D eigenvalue weighted by atomic mass is 10.3. The summed E-state index contributed by atoms with van der Waals surface area (Å²) in [5, 5.41) is 2.64. The molecule has 0 unspecified atom stereocenters. The summed E-state index contributed by atoms with van der Waals surface area (Å²) in [4.78, 5) is 0. The molecule has 0 amide bonds. The molecule has 0 aromatic heterocycles. The maximum absolute atomic E-state index is 11.7. The molecule has 0 radical (unpaired) electrons. The second-order valence-electron chi connectivity index (χ2n) is 3.11. The summed E-state index contributed by atoms with van der Waals surface area (Å²) >= 11 is 0. The van der Waals surface area contributed by atoms with E-state index in [4.69, 9.17) is 4.74 Å². The van der Waals surface area contributed by atoms with Gasteiger partial charge in [0, 0.05) is 0 Å². The zero-order chi connectivity index (χ0) is 10.9. The molecule has 0 saturated carbocycles. The highest BCUT2D eigenvalue weighted by Gasteiger charge is 1.99. The standard InChI is InChI=1S/C11H15F2NO/c12-11(13)9-14-7-4-8-15-10-5-2-1-3-6-10/h1-3,5-6,11,14H,4,7-9H2. The molecule has 0 bridgehead atoms. The lowest BCUT2D eigenvalue weighted by Gasteiger charge is -2.06. The zero-order valence-electron chi connectivity index (χ0n) is 8.46. The van der Waals surface area contributed by atoms with Crippen molar-refractivity contribution in [1.82, 2.24) is 5.32 Å². The molecule has 0 aliphatic carbocycles. The van der Waals surface area contributed by atoms with Crippen LogP contribution in [-0.4, -0.2) is 26.1 Å². The molecule has 1 aromatic carbocycles. The van der Waals surface area contributed by atoms with Crippen molar-refractivity contribution in [3.8, 4) is 5.75 Å². The van der Waals surface area contributed by atoms with Crippen LogP contribution in [0.2, 0.25) is 0 Å². The van der Waals surface area contributed by atoms with Crippen LogP contribution >= 0.6 is 0 Å². The van der Waals surface area contributed by atoms with Crippen molar-refractivity contribution in [3.05, 3.63) is 30.3 Å². The molecule has 0 atom stereocenters. The zero-order valence-corrected chi connectivity index (χ0v) is 8.46. The maximum atomic E-state index is 11.7. The minimum Gasteiger partial charge on any atom is -0.494 e. The van der Waals surface area contributed by atoms with Crippen LogP contribution in [0.3, 0.4) is 0 Å². The number of hydrogen-bond acceptors (Lipinski definition) is 2. The van der Waals surface area contributed by atoms with Gasteiger partial charge >= 0.3 is 0 Å². The lowest BCUT2D eigenvalue weighted by molar-refractivity contribution is 0.145. The van der Waals surface area contributed by atoms with Crippen LogP contribution in [0.4, 0.5) is 8.78 Å². The molecule has 1 aromatic rings. The van der Waals surface area contributed by atoms with E-state index in [-0.39, 0.29) is 6.54 Å². The molecule has 0 spiro atoms. The molecule has 0 heterocycles. The Morgan fingerprint density at radius 2 is 1.93 bits per heavy atom. The van der Waals surface area contributed by atoms with E-state index in [1.165, 1.54) is 0 Å². The molecule has 1 rings (SSSR count). The van der Waals surface area contributed by atoms with Crippen LogP contribution < -0.4 is 10.1 Å². The van der Waals surface area contributed by atoms with Gasteiger partial charge in [-0.15, -0.1) is 0 Å². The Hall–Kier alpha value is -1.16. The summed E-state index contributed by atoms with van der Waals surface area (Å²) in [5.74, 6) is 0.811. The second-order valence-corrected chi connectivity index (χ2v) is 3.11. The summed E-state index contributed by atoms with van der Waals surface area (Å²) in [6.07, 6.45) is -1.55. The van der Waals surface area contributed by atoms with Crippen molar-refractivity contribution in [2.24, 2.45) is 0 Å². The largest absolute Gasteiger partial charge is 0.494 e. The Morgan fingerprint density at radius 1 is 1.20 bits per heavy atom. The van der Waals surface area contributed by atoms with Crippen LogP contribution in [0.1, 0.15) is 6.42 Å². The molecule has 0 fully saturated rings. The molecule has 84 valence electrons. The molecule has 4 heteroatoms. The molecule has 0 aliphatic rings. The highest BCUT2D eigenvalue weighted by molar-refractivity contribution is 5.20. The number of halogens is 2. The third-order valence-corrected chi connectivity index (χ3v) is 1.81. The van der Waals surface area contributed by atoms with E-state index in [1.54, 1.807) is 0 Å². The number of para-hydroxylation sites is 1. The maximum Gasteiger partial charge on any atom is 0.250 e. The number of hydrogen-bond donors (Lipinski definition) is 1. The average molecular weight is 215 g/mol. The highest BCUT2D eigenvalue weighted by Crippen LogP contribution is 2.07. The van der Waals surface area contributed by atoms with Crippen LogP contribution in [0.5, 0.6) is 5.75 Å². The van der Waals surface area contributed by atoms with Crippen LogP contribution in [0.15, 0.2) is 30.3 Å². The van der Waals surface area contributed by atoms with Crippen molar-refractivity contribution >= 4 is 0 Å². The van der Waals surface area contributed by atoms with Crippen LogP contribution in [0, 0.1) is 0 Å². The molecule has 15 heavy (non-hydrogen) atoms. The first-order valence-corrected chi connectivity index (χ1v) is 4.96. The monoisotopic (exact) mass is 215 g/mol. The Labute approximate surface area is 88.3 Å². The summed E-state index contributed by atoms with van der Waals surface area (Å²) in [7, 11) is 0. The highest BCUT2D eigenvalue weighted by atomic mass is 19.3. The Balaban J connectivity index is 1.98. The van der Waals surface area contributed by atoms with Crippen LogP contribution in [0.25, 0.3) is 0 Å². The number of benzene rings is 1. The third-order valence-electron chi connectivity index (χ3n) is 1.81. The molecular formula is C11H15F2NO. The Kier molecular flexibility index (Phi) is 5.70. The number of rotatable bonds is 7. The van der Waals surface area contributed by atoms with Crippen molar-refractivity contribution in [3.63, 3.8) is 0 Å². The van der Waals surface area contributed by atoms with E-state index in [9.17, 15) is 8.78 Å². The van der Waals surface area contributed by atoms with Gasteiger partial charge in [-0.2, -0.15) is 0 Å². The summed E-state index contributed by atoms with van der Waals surface area (Å²) in [6, 6.07) is 9.44. The summed E-state index contributed by atoms with van der Waals surface area (Å²) in [5.41, 5.74) is 0. The normalized spacial score (nSPS) is 10.6. The van der Waals surface area contributed by atoms with Gasteiger partial charge in [0.05, 0.1) is 13.2 Å². The second kappa shape index (κ2) is 7.17. The molecule has 0 saturated heterocycles. The van der Waals surface area contributed by atoms with Gasteiger partial charge in [0.2, 0.25) is 0 Å². The van der Waals surface area contributed by atoms with E-state index < -0.39 is 6.43 Å². The first-order valence-electron chi connectivity index (χ1n) is 4.96. The first kappa shape index (κ1) is 11.9. The van der Waals surface area contributed by atoms with E-state index >= 15 is 0 Å². The van der Waals surface area contributed by atoms with Crippen molar-refractivity contribution in [1.29, 1.82) is 0 Å². The predicted molar refractivity (Wildman–Crippen MR) is 55.4 cm³/mol. The third kappa shape index (κ3) is 6.01. The molecule has 0 aliphatic heterocycles. The summed E-state index contributed by atoms with van der Waals surface area (Å²) in [6.45, 7) is 0.850. The number of alkyl halides is 2. The van der Waals surface area contributed by atoms with Gasteiger partial charge in [-0.3, -0.25) is 0 Å². The minimum absolute atomic E-state index is 0.245. The fourth-order valence-corrected chi connectivity index (χ4v) is 1.12. The van der Waals surface area contributed by atoms with E-state index in [0.717, 1.165) is 12.2 Å². The van der Waals surface area contributed by atoms with Crippen molar-refractivity contribution < 1.29 is 13.5 Å². The lowest BCUT2D eigenvalue weighted by Crippen LogP contribution is -2.23. The van der Waals surface area contributed by atoms with Crippen molar-refractivity contribution in [2.75, 3.05) is 19.7 Å². The predicted octanol–water partition coefficient (Wildman–Crippen LogP) is 2.31. The van der Waals surface area contributed by atoms with Gasteiger partial charge in [-0.05, 0) is 25.1 Å². The van der Waals surface area contributed by atoms with Gasteiger partial charge in [0.15, 0.2) is 0 Å². The minimum atomic E-state index is -2.28. The quantitative estimate of drug-likeness (QED) is 0.705. The Bertz CT molecular complexity index is 254. The molecular weight excluding hydrogens is 200 g/mol. The van der Waals surface area contributed by atoms with Crippen LogP contribution in [-0.2, 0) is 0 Å². The van der Waals surface area contributed by atoms with Gasteiger partial charge < -0.3 is 10.1 Å². The van der Waals surface area contributed by atoms with E-state index in [2.05, 4.69) is 5.32 Å². The van der Waals surface area contributed by atoms with E-state index in [1.807, 2.05) is 30.3 Å². The number of ether oxygens (including phenoxy) is 1. The number of nitrogens with one attached hydrogen (secondary N) is 1.